The monoisotopic (exact) mass is 118 g/mol. The van der Waals surface area contributed by atoms with Crippen LogP contribution in [0, 0.1) is 0 Å². The number of nitrogens with zero attached hydrogens (tertiary/aromatic N) is 1. The molecule has 0 aliphatic carbocycles. The number of hydrogen-bond donors (Lipinski definition) is 1. The topological polar surface area (TPSA) is 41.5 Å². The molecule has 1 atom stereocenters. The minimum atomic E-state index is -0.907. The maximum absolute atomic E-state index is 10.3. The van der Waals surface area contributed by atoms with Crippen LogP contribution < -0.4 is 4.72 Å². The fourth-order valence-electron chi connectivity index (χ4n) is 0.385. The normalized spacial score (nSPS) is 29.3. The summed E-state index contributed by atoms with van der Waals surface area (Å²) in [4.78, 5) is 3.82. The molecule has 0 aromatic carbocycles. The third-order valence-corrected chi connectivity index (χ3v) is 1.57. The Morgan fingerprint density at radius 2 is 2.71 bits per heavy atom. The average Bonchev–Trinajstić information content (AvgIpc) is 1.87. The molecule has 0 amide bonds. The van der Waals surface area contributed by atoms with Gasteiger partial charge in [0.15, 0.2) is 0 Å². The third kappa shape index (κ3) is 0.991. The van der Waals surface area contributed by atoms with Crippen LogP contribution in [-0.4, -0.2) is 15.9 Å². The highest BCUT2D eigenvalue weighted by Gasteiger charge is 2.04. The van der Waals surface area contributed by atoms with Gasteiger partial charge in [-0.15, -0.1) is 0 Å². The van der Waals surface area contributed by atoms with Gasteiger partial charge in [-0.25, -0.2) is 4.21 Å². The van der Waals surface area contributed by atoms with Crippen LogP contribution in [0.15, 0.2) is 4.99 Å². The lowest BCUT2D eigenvalue weighted by Crippen LogP contribution is -2.15. The van der Waals surface area contributed by atoms with Crippen molar-refractivity contribution < 1.29 is 4.21 Å². The minimum absolute atomic E-state index is 0.422. The second kappa shape index (κ2) is 1.61. The molecule has 1 aliphatic heterocycles. The summed E-state index contributed by atoms with van der Waals surface area (Å²) in [7, 11) is -0.907. The number of aliphatic imine (C=N–C) groups is 1. The van der Waals surface area contributed by atoms with E-state index in [0.717, 1.165) is 5.84 Å². The molecular weight excluding hydrogens is 112 g/mol. The molecule has 0 spiro atoms. The molecule has 0 saturated heterocycles. The van der Waals surface area contributed by atoms with Crippen LogP contribution in [0.25, 0.3) is 0 Å². The molecule has 7 heavy (non-hydrogen) atoms. The predicted octanol–water partition coefficient (Wildman–Crippen LogP) is -0.371. The molecule has 1 unspecified atom stereocenters. The Kier molecular flexibility index (Phi) is 1.10. The van der Waals surface area contributed by atoms with Gasteiger partial charge in [-0.2, -0.15) is 0 Å². The summed E-state index contributed by atoms with van der Waals surface area (Å²) in [5.41, 5.74) is 0. The highest BCUT2D eigenvalue weighted by Crippen LogP contribution is 1.87. The smallest absolute Gasteiger partial charge is 0.140 e. The van der Waals surface area contributed by atoms with E-state index in [9.17, 15) is 4.21 Å². The standard InChI is InChI=1S/C3H6N2OS/c1-3-4-2-7(6)5-3/h2H2,1H3,(H,4,5). The van der Waals surface area contributed by atoms with Gasteiger partial charge in [0.05, 0.1) is 0 Å². The largest absolute Gasteiger partial charge is 0.292 e. The SMILES string of the molecule is CC1=NCS(=O)N1. The van der Waals surface area contributed by atoms with E-state index >= 15 is 0 Å². The molecule has 1 N–H and O–H groups in total. The van der Waals surface area contributed by atoms with Gasteiger partial charge in [0.1, 0.15) is 22.7 Å². The van der Waals surface area contributed by atoms with E-state index in [1.807, 2.05) is 0 Å². The van der Waals surface area contributed by atoms with E-state index in [4.69, 9.17) is 0 Å². The molecule has 40 valence electrons. The lowest BCUT2D eigenvalue weighted by molar-refractivity contribution is 0.683. The quantitative estimate of drug-likeness (QED) is 0.463. The predicted molar refractivity (Wildman–Crippen MR) is 29.3 cm³/mol. The van der Waals surface area contributed by atoms with E-state index in [-0.39, 0.29) is 0 Å². The Hall–Kier alpha value is -0.380. The van der Waals surface area contributed by atoms with Gasteiger partial charge in [-0.05, 0) is 6.92 Å². The van der Waals surface area contributed by atoms with E-state index in [1.54, 1.807) is 6.92 Å². The molecule has 1 heterocycles. The van der Waals surface area contributed by atoms with E-state index in [2.05, 4.69) is 9.71 Å². The first-order valence-electron chi connectivity index (χ1n) is 1.95. The molecule has 0 fully saturated rings. The Labute approximate surface area is 44.4 Å². The van der Waals surface area contributed by atoms with Crippen molar-refractivity contribution >= 4 is 16.8 Å². The first-order valence-corrected chi connectivity index (χ1v) is 3.27. The van der Waals surface area contributed by atoms with Crippen molar-refractivity contribution in [1.29, 1.82) is 0 Å². The molecular formula is C3H6N2OS. The molecule has 0 aromatic rings. The van der Waals surface area contributed by atoms with Gasteiger partial charge >= 0.3 is 0 Å². The van der Waals surface area contributed by atoms with Crippen molar-refractivity contribution in [3.05, 3.63) is 0 Å². The summed E-state index contributed by atoms with van der Waals surface area (Å²) < 4.78 is 13.0. The van der Waals surface area contributed by atoms with Crippen LogP contribution in [0.3, 0.4) is 0 Å². The summed E-state index contributed by atoms with van der Waals surface area (Å²) in [6.07, 6.45) is 0. The average molecular weight is 118 g/mol. The summed E-state index contributed by atoms with van der Waals surface area (Å²) >= 11 is 0. The van der Waals surface area contributed by atoms with Crippen molar-refractivity contribution in [3.8, 4) is 0 Å². The first-order chi connectivity index (χ1) is 3.29. The molecule has 0 radical (unpaired) electrons. The maximum atomic E-state index is 10.3. The van der Waals surface area contributed by atoms with Crippen molar-refractivity contribution in [3.63, 3.8) is 0 Å². The lowest BCUT2D eigenvalue weighted by atomic mass is 10.7. The first kappa shape index (κ1) is 4.77. The second-order valence-electron chi connectivity index (χ2n) is 1.32. The van der Waals surface area contributed by atoms with E-state index in [1.165, 1.54) is 0 Å². The van der Waals surface area contributed by atoms with E-state index in [0.29, 0.717) is 5.88 Å². The number of nitrogens with one attached hydrogen (secondary N) is 1. The molecule has 0 saturated carbocycles. The second-order valence-corrected chi connectivity index (χ2v) is 2.47. The highest BCUT2D eigenvalue weighted by atomic mass is 32.2. The van der Waals surface area contributed by atoms with Crippen molar-refractivity contribution in [2.24, 2.45) is 4.99 Å². The number of rotatable bonds is 0. The van der Waals surface area contributed by atoms with Crippen LogP contribution in [-0.2, 0) is 11.0 Å². The van der Waals surface area contributed by atoms with Crippen LogP contribution >= 0.6 is 0 Å². The fraction of sp³-hybridized carbons (Fsp3) is 0.667. The molecule has 0 bridgehead atoms. The highest BCUT2D eigenvalue weighted by molar-refractivity contribution is 7.83. The van der Waals surface area contributed by atoms with Gasteiger partial charge in [0.2, 0.25) is 0 Å². The van der Waals surface area contributed by atoms with Gasteiger partial charge in [0.25, 0.3) is 0 Å². The van der Waals surface area contributed by atoms with E-state index < -0.39 is 11.0 Å². The molecule has 0 aromatic heterocycles. The third-order valence-electron chi connectivity index (χ3n) is 0.681. The Morgan fingerprint density at radius 3 is 2.86 bits per heavy atom. The van der Waals surface area contributed by atoms with Crippen LogP contribution in [0.1, 0.15) is 6.92 Å². The summed E-state index contributed by atoms with van der Waals surface area (Å²) in [5, 5.41) is 0. The zero-order valence-electron chi connectivity index (χ0n) is 3.97. The van der Waals surface area contributed by atoms with Gasteiger partial charge in [-0.3, -0.25) is 9.71 Å². The zero-order valence-corrected chi connectivity index (χ0v) is 4.79. The number of hydrogen-bond acceptors (Lipinski definition) is 2. The molecule has 1 rings (SSSR count). The Balaban J connectivity index is 2.58. The van der Waals surface area contributed by atoms with Crippen molar-refractivity contribution in [2.75, 3.05) is 5.88 Å². The van der Waals surface area contributed by atoms with Crippen molar-refractivity contribution in [2.45, 2.75) is 6.92 Å². The fourth-order valence-corrected chi connectivity index (χ4v) is 1.15. The van der Waals surface area contributed by atoms with Gasteiger partial charge < -0.3 is 0 Å². The van der Waals surface area contributed by atoms with Crippen LogP contribution in [0.5, 0.6) is 0 Å². The van der Waals surface area contributed by atoms with Gasteiger partial charge in [-0.1, -0.05) is 0 Å². The number of amidine groups is 1. The Bertz CT molecular complexity index is 131. The molecule has 4 heteroatoms. The molecule has 3 nitrogen and oxygen atoms in total. The van der Waals surface area contributed by atoms with Crippen molar-refractivity contribution in [1.82, 2.24) is 4.72 Å². The summed E-state index contributed by atoms with van der Waals surface area (Å²) in [5.74, 6) is 1.20. The van der Waals surface area contributed by atoms with Gasteiger partial charge in [0, 0.05) is 0 Å². The van der Waals surface area contributed by atoms with Crippen LogP contribution in [0.2, 0.25) is 0 Å². The summed E-state index contributed by atoms with van der Waals surface area (Å²) in [6.45, 7) is 1.80. The molecule has 1 aliphatic rings. The Morgan fingerprint density at radius 1 is 2.00 bits per heavy atom. The summed E-state index contributed by atoms with van der Waals surface area (Å²) in [6, 6.07) is 0. The lowest BCUT2D eigenvalue weighted by Gasteiger charge is -1.85. The van der Waals surface area contributed by atoms with Crippen LogP contribution in [0.4, 0.5) is 0 Å². The maximum Gasteiger partial charge on any atom is 0.140 e. The zero-order chi connectivity index (χ0) is 5.28. The minimum Gasteiger partial charge on any atom is -0.292 e.